The number of allylic oxidation sites excluding steroid dienone is 4. The zero-order chi connectivity index (χ0) is 23.4. The SMILES string of the molecule is Nc1ccccc1-c1cccc(-c2ccc3[nH]c4c(ccc5c4ccn5C4=CC=CCC4)c3c2)c1. The molecule has 1 aliphatic carbocycles. The number of hydrogen-bond acceptors (Lipinski definition) is 1. The Hall–Kier alpha value is -4.50. The lowest BCUT2D eigenvalue weighted by Gasteiger charge is -2.12. The molecule has 3 N–H and O–H groups in total. The number of nitrogens with two attached hydrogens (primary N) is 1. The van der Waals surface area contributed by atoms with Crippen LogP contribution >= 0.6 is 0 Å². The predicted molar refractivity (Wildman–Crippen MR) is 149 cm³/mol. The zero-order valence-electron chi connectivity index (χ0n) is 19.3. The summed E-state index contributed by atoms with van der Waals surface area (Å²) in [7, 11) is 0. The van der Waals surface area contributed by atoms with Gasteiger partial charge in [-0.1, -0.05) is 60.7 Å². The lowest BCUT2D eigenvalue weighted by atomic mass is 9.97. The second-order valence-corrected chi connectivity index (χ2v) is 9.28. The Bertz CT molecular complexity index is 1810. The van der Waals surface area contributed by atoms with E-state index >= 15 is 0 Å². The fraction of sp³-hybridized carbons (Fsp3) is 0.0625. The van der Waals surface area contributed by atoms with Crippen LogP contribution in [0, 0.1) is 0 Å². The van der Waals surface area contributed by atoms with Crippen LogP contribution in [0.1, 0.15) is 12.8 Å². The number of nitrogens with one attached hydrogen (secondary N) is 1. The maximum Gasteiger partial charge on any atom is 0.0560 e. The van der Waals surface area contributed by atoms with Crippen LogP contribution in [0.25, 0.3) is 60.7 Å². The molecule has 2 aromatic heterocycles. The summed E-state index contributed by atoms with van der Waals surface area (Å²) < 4.78 is 2.33. The molecular weight excluding hydrogens is 426 g/mol. The maximum atomic E-state index is 6.25. The predicted octanol–water partition coefficient (Wildman–Crippen LogP) is 8.38. The first-order valence-electron chi connectivity index (χ1n) is 12.1. The summed E-state index contributed by atoms with van der Waals surface area (Å²) in [6, 6.07) is 30.1. The molecule has 0 aliphatic heterocycles. The Morgan fingerprint density at radius 3 is 2.51 bits per heavy atom. The molecule has 0 saturated carbocycles. The van der Waals surface area contributed by atoms with Crippen molar-refractivity contribution in [2.75, 3.05) is 5.73 Å². The second-order valence-electron chi connectivity index (χ2n) is 9.28. The van der Waals surface area contributed by atoms with Gasteiger partial charge in [-0.15, -0.1) is 0 Å². The van der Waals surface area contributed by atoms with E-state index in [1.165, 1.54) is 44.0 Å². The summed E-state index contributed by atoms with van der Waals surface area (Å²) in [5.74, 6) is 0. The third kappa shape index (κ3) is 3.20. The van der Waals surface area contributed by atoms with Crippen molar-refractivity contribution in [2.45, 2.75) is 12.8 Å². The van der Waals surface area contributed by atoms with Gasteiger partial charge in [-0.25, -0.2) is 0 Å². The van der Waals surface area contributed by atoms with E-state index in [0.717, 1.165) is 35.2 Å². The number of aromatic nitrogens is 2. The Labute approximate surface area is 203 Å². The molecule has 3 heteroatoms. The second kappa shape index (κ2) is 7.78. The Morgan fingerprint density at radius 2 is 1.63 bits per heavy atom. The van der Waals surface area contributed by atoms with E-state index in [2.05, 4.69) is 101 Å². The van der Waals surface area contributed by atoms with Gasteiger partial charge < -0.3 is 15.3 Å². The van der Waals surface area contributed by atoms with Gasteiger partial charge >= 0.3 is 0 Å². The minimum absolute atomic E-state index is 0.799. The number of aromatic amines is 1. The van der Waals surface area contributed by atoms with E-state index in [1.54, 1.807) is 0 Å². The molecule has 6 aromatic rings. The van der Waals surface area contributed by atoms with Crippen molar-refractivity contribution < 1.29 is 0 Å². The number of rotatable bonds is 3. The summed E-state index contributed by atoms with van der Waals surface area (Å²) >= 11 is 0. The van der Waals surface area contributed by atoms with Crippen LogP contribution in [0.4, 0.5) is 5.69 Å². The van der Waals surface area contributed by atoms with Crippen LogP contribution in [0.2, 0.25) is 0 Å². The van der Waals surface area contributed by atoms with E-state index in [-0.39, 0.29) is 0 Å². The van der Waals surface area contributed by atoms with Gasteiger partial charge in [0.1, 0.15) is 0 Å². The van der Waals surface area contributed by atoms with Crippen LogP contribution in [0.15, 0.2) is 109 Å². The molecule has 0 bridgehead atoms. The molecule has 7 rings (SSSR count). The molecule has 0 amide bonds. The average molecular weight is 452 g/mol. The number of anilines is 1. The first-order valence-corrected chi connectivity index (χ1v) is 12.1. The number of para-hydroxylation sites is 1. The van der Waals surface area contributed by atoms with Crippen LogP contribution in [0.3, 0.4) is 0 Å². The van der Waals surface area contributed by atoms with Gasteiger partial charge in [0.05, 0.1) is 11.0 Å². The smallest absolute Gasteiger partial charge is 0.0560 e. The number of nitrogens with zero attached hydrogens (tertiary/aromatic N) is 1. The van der Waals surface area contributed by atoms with Crippen molar-refractivity contribution in [3.05, 3.63) is 109 Å². The van der Waals surface area contributed by atoms with Gasteiger partial charge in [-0.3, -0.25) is 0 Å². The molecule has 0 saturated heterocycles. The lowest BCUT2D eigenvalue weighted by molar-refractivity contribution is 0.964. The van der Waals surface area contributed by atoms with Gasteiger partial charge in [0.15, 0.2) is 0 Å². The van der Waals surface area contributed by atoms with Crippen molar-refractivity contribution in [1.82, 2.24) is 9.55 Å². The molecule has 0 atom stereocenters. The molecule has 4 aromatic carbocycles. The van der Waals surface area contributed by atoms with Gasteiger partial charge in [0.2, 0.25) is 0 Å². The number of nitrogen functional groups attached to an aromatic ring is 1. The van der Waals surface area contributed by atoms with Crippen molar-refractivity contribution in [2.24, 2.45) is 0 Å². The largest absolute Gasteiger partial charge is 0.398 e. The quantitative estimate of drug-likeness (QED) is 0.261. The standard InChI is InChI=1S/C32H25N3/c33-29-12-5-4-11-25(29)23-8-6-7-21(19-23)22-13-15-30-28(20-22)26-14-16-31-27(32(26)34-30)17-18-35(31)24-9-2-1-3-10-24/h1-2,4-9,11-20,34H,3,10,33H2. The molecule has 1 aliphatic rings. The highest BCUT2D eigenvalue weighted by Crippen LogP contribution is 2.36. The van der Waals surface area contributed by atoms with Gasteiger partial charge in [-0.05, 0) is 72.0 Å². The summed E-state index contributed by atoms with van der Waals surface area (Å²) in [5, 5.41) is 3.77. The molecular formula is C32H25N3. The first kappa shape index (κ1) is 19.9. The molecule has 0 fully saturated rings. The highest BCUT2D eigenvalue weighted by molar-refractivity contribution is 6.17. The van der Waals surface area contributed by atoms with Gasteiger partial charge in [-0.2, -0.15) is 0 Å². The summed E-state index contributed by atoms with van der Waals surface area (Å²) in [5.41, 5.74) is 16.6. The molecule has 0 spiro atoms. The summed E-state index contributed by atoms with van der Waals surface area (Å²) in [4.78, 5) is 3.70. The molecule has 168 valence electrons. The molecule has 35 heavy (non-hydrogen) atoms. The molecule has 0 unspecified atom stereocenters. The van der Waals surface area contributed by atoms with Gasteiger partial charge in [0, 0.05) is 44.8 Å². The molecule has 0 radical (unpaired) electrons. The van der Waals surface area contributed by atoms with Crippen LogP contribution < -0.4 is 5.73 Å². The first-order chi connectivity index (χ1) is 17.3. The van der Waals surface area contributed by atoms with E-state index in [4.69, 9.17) is 5.73 Å². The van der Waals surface area contributed by atoms with E-state index in [0.29, 0.717) is 0 Å². The fourth-order valence-corrected chi connectivity index (χ4v) is 5.43. The van der Waals surface area contributed by atoms with E-state index < -0.39 is 0 Å². The van der Waals surface area contributed by atoms with Crippen molar-refractivity contribution >= 4 is 44.1 Å². The third-order valence-corrected chi connectivity index (χ3v) is 7.21. The number of fused-ring (bicyclic) bond motifs is 5. The number of benzene rings is 4. The minimum Gasteiger partial charge on any atom is -0.398 e. The van der Waals surface area contributed by atoms with Crippen LogP contribution in [0.5, 0.6) is 0 Å². The maximum absolute atomic E-state index is 6.25. The highest BCUT2D eigenvalue weighted by Gasteiger charge is 2.13. The number of H-pyrrole nitrogens is 1. The monoisotopic (exact) mass is 451 g/mol. The summed E-state index contributed by atoms with van der Waals surface area (Å²) in [6.07, 6.45) is 11.0. The molecule has 3 nitrogen and oxygen atoms in total. The topological polar surface area (TPSA) is 46.7 Å². The fourth-order valence-electron chi connectivity index (χ4n) is 5.43. The Kier molecular flexibility index (Phi) is 4.43. The molecule has 2 heterocycles. The average Bonchev–Trinajstić information content (AvgIpc) is 3.51. The Morgan fingerprint density at radius 1 is 0.743 bits per heavy atom. The Balaban J connectivity index is 1.36. The lowest BCUT2D eigenvalue weighted by Crippen LogP contribution is -1.96. The minimum atomic E-state index is 0.799. The van der Waals surface area contributed by atoms with Crippen molar-refractivity contribution in [1.29, 1.82) is 0 Å². The zero-order valence-corrected chi connectivity index (χ0v) is 19.3. The highest BCUT2D eigenvalue weighted by atomic mass is 15.0. The van der Waals surface area contributed by atoms with Crippen LogP contribution in [-0.2, 0) is 0 Å². The van der Waals surface area contributed by atoms with Gasteiger partial charge in [0.25, 0.3) is 0 Å². The third-order valence-electron chi connectivity index (χ3n) is 7.21. The van der Waals surface area contributed by atoms with E-state index in [1.807, 2.05) is 18.2 Å². The van der Waals surface area contributed by atoms with E-state index in [9.17, 15) is 0 Å². The van der Waals surface area contributed by atoms with Crippen molar-refractivity contribution in [3.63, 3.8) is 0 Å². The normalized spacial score (nSPS) is 13.7. The van der Waals surface area contributed by atoms with Crippen molar-refractivity contribution in [3.8, 4) is 22.3 Å². The number of hydrogen-bond donors (Lipinski definition) is 2. The summed E-state index contributed by atoms with van der Waals surface area (Å²) in [6.45, 7) is 0. The van der Waals surface area contributed by atoms with Crippen LogP contribution in [-0.4, -0.2) is 9.55 Å².